The Morgan fingerprint density at radius 2 is 1.87 bits per heavy atom. The molecule has 0 saturated heterocycles. The highest BCUT2D eigenvalue weighted by Gasteiger charge is 2.13. The van der Waals surface area contributed by atoms with Gasteiger partial charge in [-0.3, -0.25) is 18.9 Å². The van der Waals surface area contributed by atoms with E-state index in [0.29, 0.717) is 5.65 Å². The number of hydrogen-bond donors (Lipinski definition) is 2. The highest BCUT2D eigenvalue weighted by molar-refractivity contribution is 6.02. The van der Waals surface area contributed by atoms with Crippen molar-refractivity contribution in [2.75, 3.05) is 5.73 Å². The largest absolute Gasteiger partial charge is 0.383 e. The Balaban J connectivity index is 0.000000198. The molecule has 0 unspecified atom stereocenters. The number of carbonyl (C=O) groups is 1. The van der Waals surface area contributed by atoms with Crippen molar-refractivity contribution in [3.05, 3.63) is 102 Å². The minimum absolute atomic E-state index is 0.103. The van der Waals surface area contributed by atoms with Crippen molar-refractivity contribution in [2.45, 2.75) is 13.3 Å². The molecular formula is C29H25N9O. The Bertz CT molecular complexity index is 1860. The lowest BCUT2D eigenvalue weighted by Gasteiger charge is -2.10. The van der Waals surface area contributed by atoms with Crippen LogP contribution < -0.4 is 11.5 Å². The molecule has 10 heteroatoms. The topological polar surface area (TPSA) is 143 Å². The number of imidazole rings is 1. The molecule has 192 valence electrons. The van der Waals surface area contributed by atoms with E-state index in [2.05, 4.69) is 57.0 Å². The molecule has 0 aliphatic carbocycles. The lowest BCUT2D eigenvalue weighted by atomic mass is 10.0. The van der Waals surface area contributed by atoms with Gasteiger partial charge in [-0.2, -0.15) is 5.10 Å². The Hall–Kier alpha value is -5.56. The molecule has 5 heterocycles. The van der Waals surface area contributed by atoms with E-state index in [1.165, 1.54) is 11.9 Å². The molecule has 0 atom stereocenters. The summed E-state index contributed by atoms with van der Waals surface area (Å²) >= 11 is 0. The fraction of sp³-hybridized carbons (Fsp3) is 0.103. The number of fused-ring (bicyclic) bond motifs is 2. The molecule has 1 amide bonds. The van der Waals surface area contributed by atoms with Gasteiger partial charge in [0.25, 0.3) is 5.91 Å². The molecule has 5 aromatic heterocycles. The van der Waals surface area contributed by atoms with Crippen LogP contribution in [-0.4, -0.2) is 40.0 Å². The minimum atomic E-state index is -0.623. The van der Waals surface area contributed by atoms with Gasteiger partial charge in [0.1, 0.15) is 23.2 Å². The molecule has 0 aliphatic heterocycles. The number of hydrogen-bond acceptors (Lipinski definition) is 7. The molecule has 0 bridgehead atoms. The van der Waals surface area contributed by atoms with Gasteiger partial charge in [-0.1, -0.05) is 49.1 Å². The van der Waals surface area contributed by atoms with Crippen LogP contribution in [0.3, 0.4) is 0 Å². The highest BCUT2D eigenvalue weighted by Crippen LogP contribution is 2.26. The standard InChI is InChI=1S/C22H18N4.C7H7N5O/c1-3-17-13-20-22(25-21(17)18-7-5-4-6-8-18)19(11-12-23-20)10-9-16-14-24-26(2)15-16;8-5-4(6(9)13)7-10-1-2-12(7)3-11-5/h4-8,11-15H,3H2,1-2H3;1-3H,8H2,(H2,9,13). The van der Waals surface area contributed by atoms with E-state index in [0.717, 1.165) is 39.8 Å². The highest BCUT2D eigenvalue weighted by atomic mass is 16.1. The molecule has 6 aromatic rings. The first-order valence-electron chi connectivity index (χ1n) is 12.2. The van der Waals surface area contributed by atoms with E-state index in [9.17, 15) is 4.79 Å². The predicted octanol–water partition coefficient (Wildman–Crippen LogP) is 3.40. The zero-order valence-electron chi connectivity index (χ0n) is 21.4. The number of primary amides is 1. The van der Waals surface area contributed by atoms with Gasteiger partial charge in [0.05, 0.1) is 28.5 Å². The van der Waals surface area contributed by atoms with Crippen LogP contribution in [0.4, 0.5) is 5.82 Å². The summed E-state index contributed by atoms with van der Waals surface area (Å²) < 4.78 is 3.32. The van der Waals surface area contributed by atoms with Gasteiger partial charge in [-0.25, -0.2) is 15.0 Å². The van der Waals surface area contributed by atoms with Crippen LogP contribution in [-0.2, 0) is 13.5 Å². The molecule has 0 aliphatic rings. The maximum absolute atomic E-state index is 11.0. The first kappa shape index (κ1) is 25.1. The monoisotopic (exact) mass is 515 g/mol. The third-order valence-corrected chi connectivity index (χ3v) is 5.98. The number of amides is 1. The number of rotatable bonds is 3. The number of nitrogens with two attached hydrogens (primary N) is 2. The lowest BCUT2D eigenvalue weighted by Crippen LogP contribution is -2.16. The quantitative estimate of drug-likeness (QED) is 0.344. The zero-order chi connectivity index (χ0) is 27.4. The summed E-state index contributed by atoms with van der Waals surface area (Å²) in [4.78, 5) is 28.2. The molecule has 6 rings (SSSR count). The SMILES string of the molecule is CCc1cc2nccc(C#Cc3cnn(C)c3)c2nc1-c1ccccc1.NC(=O)c1c(N)ncn2ccnc12. The summed E-state index contributed by atoms with van der Waals surface area (Å²) in [5.41, 5.74) is 18.0. The molecular weight excluding hydrogens is 490 g/mol. The molecule has 0 radical (unpaired) electrons. The van der Waals surface area contributed by atoms with Gasteiger partial charge in [0.15, 0.2) is 5.65 Å². The second kappa shape index (κ2) is 10.8. The number of aryl methyl sites for hydroxylation is 2. The van der Waals surface area contributed by atoms with Crippen LogP contribution in [0.5, 0.6) is 0 Å². The Labute approximate surface area is 224 Å². The molecule has 0 fully saturated rings. The van der Waals surface area contributed by atoms with Gasteiger partial charge >= 0.3 is 0 Å². The predicted molar refractivity (Wildman–Crippen MR) is 149 cm³/mol. The van der Waals surface area contributed by atoms with Crippen molar-refractivity contribution >= 4 is 28.4 Å². The van der Waals surface area contributed by atoms with E-state index in [-0.39, 0.29) is 11.4 Å². The molecule has 10 nitrogen and oxygen atoms in total. The van der Waals surface area contributed by atoms with Crippen molar-refractivity contribution in [3.63, 3.8) is 0 Å². The van der Waals surface area contributed by atoms with E-state index in [1.54, 1.807) is 33.9 Å². The van der Waals surface area contributed by atoms with Crippen molar-refractivity contribution in [3.8, 4) is 23.1 Å². The molecule has 39 heavy (non-hydrogen) atoms. The first-order chi connectivity index (χ1) is 18.9. The van der Waals surface area contributed by atoms with E-state index in [4.69, 9.17) is 16.5 Å². The fourth-order valence-electron chi connectivity index (χ4n) is 4.09. The second-order valence-corrected chi connectivity index (χ2v) is 8.62. The van der Waals surface area contributed by atoms with E-state index in [1.807, 2.05) is 37.5 Å². The average molecular weight is 516 g/mol. The van der Waals surface area contributed by atoms with Crippen molar-refractivity contribution in [1.82, 2.24) is 34.1 Å². The Kier molecular flexibility index (Phi) is 6.96. The van der Waals surface area contributed by atoms with Gasteiger partial charge in [0.2, 0.25) is 0 Å². The van der Waals surface area contributed by atoms with Crippen LogP contribution in [0.25, 0.3) is 27.9 Å². The Morgan fingerprint density at radius 3 is 2.59 bits per heavy atom. The normalized spacial score (nSPS) is 10.5. The molecule has 4 N–H and O–H groups in total. The summed E-state index contributed by atoms with van der Waals surface area (Å²) in [7, 11) is 1.88. The summed E-state index contributed by atoms with van der Waals surface area (Å²) in [5, 5.41) is 4.15. The van der Waals surface area contributed by atoms with Gasteiger partial charge in [-0.15, -0.1) is 0 Å². The van der Waals surface area contributed by atoms with E-state index < -0.39 is 5.91 Å². The number of benzene rings is 1. The van der Waals surface area contributed by atoms with Crippen LogP contribution in [0, 0.1) is 11.8 Å². The fourth-order valence-corrected chi connectivity index (χ4v) is 4.09. The van der Waals surface area contributed by atoms with E-state index >= 15 is 0 Å². The number of carbonyl (C=O) groups excluding carboxylic acids is 1. The maximum Gasteiger partial charge on any atom is 0.256 e. The summed E-state index contributed by atoms with van der Waals surface area (Å²) in [6.45, 7) is 2.14. The van der Waals surface area contributed by atoms with Crippen LogP contribution in [0.2, 0.25) is 0 Å². The third kappa shape index (κ3) is 5.28. The van der Waals surface area contributed by atoms with Crippen molar-refractivity contribution < 1.29 is 4.79 Å². The number of aromatic nitrogens is 7. The van der Waals surface area contributed by atoms with Gasteiger partial charge < -0.3 is 11.5 Å². The lowest BCUT2D eigenvalue weighted by molar-refractivity contribution is 0.100. The number of anilines is 1. The number of nitrogen functional groups attached to an aromatic ring is 1. The van der Waals surface area contributed by atoms with Crippen LogP contribution in [0.15, 0.2) is 79.8 Å². The van der Waals surface area contributed by atoms with Crippen molar-refractivity contribution in [2.24, 2.45) is 12.8 Å². The summed E-state index contributed by atoms with van der Waals surface area (Å²) in [6, 6.07) is 14.3. The summed E-state index contributed by atoms with van der Waals surface area (Å²) in [5.74, 6) is 5.87. The van der Waals surface area contributed by atoms with Crippen LogP contribution >= 0.6 is 0 Å². The maximum atomic E-state index is 11.0. The minimum Gasteiger partial charge on any atom is -0.383 e. The average Bonchev–Trinajstić information content (AvgIpc) is 3.60. The van der Waals surface area contributed by atoms with Gasteiger partial charge in [-0.05, 0) is 24.1 Å². The molecule has 0 saturated carbocycles. The third-order valence-electron chi connectivity index (χ3n) is 5.98. The van der Waals surface area contributed by atoms with Gasteiger partial charge in [0, 0.05) is 37.4 Å². The first-order valence-corrected chi connectivity index (χ1v) is 12.2. The summed E-state index contributed by atoms with van der Waals surface area (Å²) in [6.07, 6.45) is 11.0. The second-order valence-electron chi connectivity index (χ2n) is 8.62. The molecule has 1 aromatic carbocycles. The van der Waals surface area contributed by atoms with Crippen LogP contribution in [0.1, 0.15) is 34.0 Å². The zero-order valence-corrected chi connectivity index (χ0v) is 21.4. The smallest absolute Gasteiger partial charge is 0.256 e. The Morgan fingerprint density at radius 1 is 1.05 bits per heavy atom. The number of pyridine rings is 2. The van der Waals surface area contributed by atoms with Crippen molar-refractivity contribution in [1.29, 1.82) is 0 Å². The number of nitrogens with zero attached hydrogens (tertiary/aromatic N) is 7. The molecule has 0 spiro atoms.